The van der Waals surface area contributed by atoms with E-state index >= 15 is 0 Å². The van der Waals surface area contributed by atoms with E-state index in [1.165, 1.54) is 0 Å². The predicted molar refractivity (Wildman–Crippen MR) is 97.2 cm³/mol. The summed E-state index contributed by atoms with van der Waals surface area (Å²) in [5.74, 6) is 0. The minimum atomic E-state index is -3.72. The minimum absolute atomic E-state index is 0.215. The fourth-order valence-corrected chi connectivity index (χ4v) is 4.63. The van der Waals surface area contributed by atoms with Crippen LogP contribution in [0.4, 0.5) is 5.69 Å². The fourth-order valence-electron chi connectivity index (χ4n) is 3.14. The Bertz CT molecular complexity index is 1220. The van der Waals surface area contributed by atoms with Crippen LogP contribution in [0.2, 0.25) is 0 Å². The number of aromatic nitrogens is 2. The standard InChI is InChI=1S/C18H17N3O3S/c1-11-18(12(2)21(3)19-11)25(22,23)20-13-8-9-17-15(10-13)14-6-4-5-7-16(14)24-17/h4-10,20H,1-3H3. The summed E-state index contributed by atoms with van der Waals surface area (Å²) in [6, 6.07) is 12.9. The molecule has 0 spiro atoms. The lowest BCUT2D eigenvalue weighted by Crippen LogP contribution is -2.14. The minimum Gasteiger partial charge on any atom is -0.456 e. The molecule has 128 valence electrons. The van der Waals surface area contributed by atoms with Gasteiger partial charge in [0.1, 0.15) is 16.1 Å². The molecule has 0 bridgehead atoms. The first-order valence-corrected chi connectivity index (χ1v) is 9.29. The van der Waals surface area contributed by atoms with Crippen molar-refractivity contribution >= 4 is 37.6 Å². The Morgan fingerprint density at radius 1 is 1.04 bits per heavy atom. The lowest BCUT2D eigenvalue weighted by molar-refractivity contribution is 0.599. The van der Waals surface area contributed by atoms with Crippen LogP contribution in [0, 0.1) is 13.8 Å². The molecule has 1 N–H and O–H groups in total. The monoisotopic (exact) mass is 355 g/mol. The first-order chi connectivity index (χ1) is 11.9. The molecule has 0 amide bonds. The highest BCUT2D eigenvalue weighted by Gasteiger charge is 2.24. The quantitative estimate of drug-likeness (QED) is 0.607. The highest BCUT2D eigenvalue weighted by Crippen LogP contribution is 2.31. The van der Waals surface area contributed by atoms with Gasteiger partial charge in [-0.05, 0) is 38.1 Å². The van der Waals surface area contributed by atoms with Gasteiger partial charge in [0, 0.05) is 23.5 Å². The van der Waals surface area contributed by atoms with Crippen LogP contribution in [0.5, 0.6) is 0 Å². The zero-order valence-corrected chi connectivity index (χ0v) is 14.9. The van der Waals surface area contributed by atoms with Crippen LogP contribution in [0.15, 0.2) is 51.8 Å². The van der Waals surface area contributed by atoms with E-state index in [4.69, 9.17) is 4.42 Å². The second-order valence-corrected chi connectivity index (χ2v) is 7.66. The third-order valence-electron chi connectivity index (χ3n) is 4.34. The molecular weight excluding hydrogens is 338 g/mol. The smallest absolute Gasteiger partial charge is 0.265 e. The molecule has 7 heteroatoms. The molecule has 4 rings (SSSR count). The van der Waals surface area contributed by atoms with Crippen LogP contribution in [0.3, 0.4) is 0 Å². The van der Waals surface area contributed by atoms with Gasteiger partial charge in [-0.1, -0.05) is 18.2 Å². The molecule has 2 aromatic heterocycles. The molecule has 6 nitrogen and oxygen atoms in total. The van der Waals surface area contributed by atoms with E-state index in [0.29, 0.717) is 17.1 Å². The van der Waals surface area contributed by atoms with Gasteiger partial charge in [-0.15, -0.1) is 0 Å². The average molecular weight is 355 g/mol. The Balaban J connectivity index is 1.81. The summed E-state index contributed by atoms with van der Waals surface area (Å²) in [4.78, 5) is 0.215. The van der Waals surface area contributed by atoms with E-state index in [2.05, 4.69) is 9.82 Å². The number of nitrogens with zero attached hydrogens (tertiary/aromatic N) is 2. The van der Waals surface area contributed by atoms with Crippen molar-refractivity contribution in [3.63, 3.8) is 0 Å². The first-order valence-electron chi connectivity index (χ1n) is 7.81. The van der Waals surface area contributed by atoms with Crippen LogP contribution in [-0.2, 0) is 17.1 Å². The van der Waals surface area contributed by atoms with Crippen molar-refractivity contribution in [3.05, 3.63) is 53.9 Å². The zero-order chi connectivity index (χ0) is 17.8. The average Bonchev–Trinajstić information content (AvgIpc) is 3.04. The maximum absolute atomic E-state index is 12.8. The number of furan rings is 1. The predicted octanol–water partition coefficient (Wildman–Crippen LogP) is 3.74. The van der Waals surface area contributed by atoms with E-state index in [1.807, 2.05) is 24.3 Å². The maximum atomic E-state index is 12.8. The Morgan fingerprint density at radius 2 is 1.76 bits per heavy atom. The Labute approximate surface area is 145 Å². The number of fused-ring (bicyclic) bond motifs is 3. The molecule has 0 unspecified atom stereocenters. The van der Waals surface area contributed by atoms with E-state index in [0.717, 1.165) is 21.9 Å². The van der Waals surface area contributed by atoms with Gasteiger partial charge >= 0.3 is 0 Å². The third kappa shape index (κ3) is 2.47. The number of benzene rings is 2. The lowest BCUT2D eigenvalue weighted by Gasteiger charge is -2.08. The largest absolute Gasteiger partial charge is 0.456 e. The summed E-state index contributed by atoms with van der Waals surface area (Å²) in [6.07, 6.45) is 0. The van der Waals surface area contributed by atoms with Gasteiger partial charge in [-0.2, -0.15) is 5.10 Å². The second kappa shape index (κ2) is 5.35. The normalized spacial score (nSPS) is 12.1. The third-order valence-corrected chi connectivity index (χ3v) is 5.97. The van der Waals surface area contributed by atoms with Crippen LogP contribution < -0.4 is 4.72 Å². The van der Waals surface area contributed by atoms with E-state index in [1.54, 1.807) is 43.8 Å². The maximum Gasteiger partial charge on any atom is 0.265 e. The highest BCUT2D eigenvalue weighted by atomic mass is 32.2. The van der Waals surface area contributed by atoms with E-state index in [9.17, 15) is 8.42 Å². The summed E-state index contributed by atoms with van der Waals surface area (Å²) < 4.78 is 35.6. The van der Waals surface area contributed by atoms with Crippen molar-refractivity contribution in [1.29, 1.82) is 0 Å². The lowest BCUT2D eigenvalue weighted by atomic mass is 10.1. The van der Waals surface area contributed by atoms with Gasteiger partial charge in [0.2, 0.25) is 0 Å². The van der Waals surface area contributed by atoms with E-state index < -0.39 is 10.0 Å². The van der Waals surface area contributed by atoms with Crippen molar-refractivity contribution in [2.45, 2.75) is 18.7 Å². The van der Waals surface area contributed by atoms with Gasteiger partial charge in [-0.3, -0.25) is 9.40 Å². The number of nitrogens with one attached hydrogen (secondary N) is 1. The summed E-state index contributed by atoms with van der Waals surface area (Å²) >= 11 is 0. The number of rotatable bonds is 3. The summed E-state index contributed by atoms with van der Waals surface area (Å²) in [5.41, 5.74) is 3.05. The SMILES string of the molecule is Cc1nn(C)c(C)c1S(=O)(=O)Nc1ccc2oc3ccccc3c2c1. The van der Waals surface area contributed by atoms with Crippen LogP contribution >= 0.6 is 0 Å². The van der Waals surface area contributed by atoms with Crippen LogP contribution in [0.25, 0.3) is 21.9 Å². The number of aryl methyl sites for hydroxylation is 2. The van der Waals surface area contributed by atoms with Gasteiger partial charge in [0.05, 0.1) is 11.4 Å². The molecule has 0 aliphatic rings. The number of sulfonamides is 1. The number of hydrogen-bond acceptors (Lipinski definition) is 4. The first kappa shape index (κ1) is 15.7. The van der Waals surface area contributed by atoms with Gasteiger partial charge in [-0.25, -0.2) is 8.42 Å². The van der Waals surface area contributed by atoms with Crippen molar-refractivity contribution < 1.29 is 12.8 Å². The topological polar surface area (TPSA) is 77.1 Å². The van der Waals surface area contributed by atoms with Crippen molar-refractivity contribution in [1.82, 2.24) is 9.78 Å². The number of hydrogen-bond donors (Lipinski definition) is 1. The van der Waals surface area contributed by atoms with Gasteiger partial charge in [0.15, 0.2) is 0 Å². The van der Waals surface area contributed by atoms with Crippen molar-refractivity contribution in [2.75, 3.05) is 4.72 Å². The fraction of sp³-hybridized carbons (Fsp3) is 0.167. The van der Waals surface area contributed by atoms with Gasteiger partial charge in [0.25, 0.3) is 10.0 Å². The Kier molecular flexibility index (Phi) is 3.36. The number of anilines is 1. The zero-order valence-electron chi connectivity index (χ0n) is 14.1. The Hall–Kier alpha value is -2.80. The van der Waals surface area contributed by atoms with Crippen LogP contribution in [-0.4, -0.2) is 18.2 Å². The van der Waals surface area contributed by atoms with Gasteiger partial charge < -0.3 is 4.42 Å². The number of para-hydroxylation sites is 1. The molecule has 2 aromatic carbocycles. The molecule has 0 atom stereocenters. The molecular formula is C18H17N3O3S. The van der Waals surface area contributed by atoms with E-state index in [-0.39, 0.29) is 4.90 Å². The molecule has 4 aromatic rings. The summed E-state index contributed by atoms with van der Waals surface area (Å²) in [7, 11) is -2.00. The van der Waals surface area contributed by atoms with Crippen molar-refractivity contribution in [2.24, 2.45) is 7.05 Å². The molecule has 0 saturated heterocycles. The molecule has 25 heavy (non-hydrogen) atoms. The highest BCUT2D eigenvalue weighted by molar-refractivity contribution is 7.92. The molecule has 0 saturated carbocycles. The molecule has 0 aliphatic heterocycles. The molecule has 0 aliphatic carbocycles. The second-order valence-electron chi connectivity index (χ2n) is 6.04. The van der Waals surface area contributed by atoms with Crippen molar-refractivity contribution in [3.8, 4) is 0 Å². The summed E-state index contributed by atoms with van der Waals surface area (Å²) in [5, 5.41) is 6.01. The molecule has 2 heterocycles. The molecule has 0 fully saturated rings. The molecule has 0 radical (unpaired) electrons. The summed E-state index contributed by atoms with van der Waals surface area (Å²) in [6.45, 7) is 3.43. The Morgan fingerprint density at radius 3 is 2.48 bits per heavy atom. The van der Waals surface area contributed by atoms with Crippen LogP contribution in [0.1, 0.15) is 11.4 Å².